The highest BCUT2D eigenvalue weighted by Gasteiger charge is 2.27. The molecule has 4 nitrogen and oxygen atoms in total. The summed E-state index contributed by atoms with van der Waals surface area (Å²) in [6, 6.07) is 13.1. The third-order valence-electron chi connectivity index (χ3n) is 3.50. The summed E-state index contributed by atoms with van der Waals surface area (Å²) in [6.07, 6.45) is 1.93. The first kappa shape index (κ1) is 14.2. The normalized spacial score (nSPS) is 18.5. The Kier molecular flexibility index (Phi) is 4.29. The molecule has 2 aromatic rings. The second-order valence-corrected chi connectivity index (χ2v) is 5.83. The van der Waals surface area contributed by atoms with E-state index >= 15 is 0 Å². The Morgan fingerprint density at radius 3 is 2.76 bits per heavy atom. The molecule has 2 heterocycles. The maximum absolute atomic E-state index is 12.4. The number of carbonyl (C=O) groups excluding carboxylic acids is 1. The molecule has 0 spiro atoms. The van der Waals surface area contributed by atoms with Gasteiger partial charge < -0.3 is 14.1 Å². The standard InChI is InChI=1S/C16H16BrNO3/c17-15-9-8-14(21-15)16(19)18-10-4-7-13(11-18)20-12-5-2-1-3-6-12/h1-3,5-6,8-9,13H,4,7,10-11H2. The second-order valence-electron chi connectivity index (χ2n) is 5.05. The highest BCUT2D eigenvalue weighted by molar-refractivity contribution is 9.10. The first-order valence-corrected chi connectivity index (χ1v) is 7.78. The number of furan rings is 1. The number of amides is 1. The van der Waals surface area contributed by atoms with Crippen molar-refractivity contribution in [2.75, 3.05) is 13.1 Å². The lowest BCUT2D eigenvalue weighted by Crippen LogP contribution is -2.44. The van der Waals surface area contributed by atoms with E-state index in [4.69, 9.17) is 9.15 Å². The van der Waals surface area contributed by atoms with Crippen molar-refractivity contribution < 1.29 is 13.9 Å². The van der Waals surface area contributed by atoms with Crippen molar-refractivity contribution in [2.45, 2.75) is 18.9 Å². The van der Waals surface area contributed by atoms with Gasteiger partial charge in [-0.25, -0.2) is 0 Å². The zero-order valence-electron chi connectivity index (χ0n) is 11.5. The van der Waals surface area contributed by atoms with Crippen LogP contribution in [0.2, 0.25) is 0 Å². The largest absolute Gasteiger partial charge is 0.489 e. The number of carbonyl (C=O) groups is 1. The Balaban J connectivity index is 1.64. The number of hydrogen-bond donors (Lipinski definition) is 0. The average molecular weight is 350 g/mol. The Labute approximate surface area is 131 Å². The van der Waals surface area contributed by atoms with E-state index in [0.29, 0.717) is 17.0 Å². The van der Waals surface area contributed by atoms with Crippen molar-refractivity contribution in [1.29, 1.82) is 0 Å². The molecule has 1 aromatic carbocycles. The maximum atomic E-state index is 12.4. The molecule has 21 heavy (non-hydrogen) atoms. The van der Waals surface area contributed by atoms with Crippen molar-refractivity contribution in [3.05, 3.63) is 52.9 Å². The fourth-order valence-corrected chi connectivity index (χ4v) is 2.80. The van der Waals surface area contributed by atoms with E-state index in [1.54, 1.807) is 17.0 Å². The van der Waals surface area contributed by atoms with E-state index in [9.17, 15) is 4.79 Å². The van der Waals surface area contributed by atoms with Gasteiger partial charge in [-0.05, 0) is 53.0 Å². The molecule has 0 aliphatic carbocycles. The topological polar surface area (TPSA) is 42.7 Å². The molecule has 1 aliphatic heterocycles. The molecule has 1 unspecified atom stereocenters. The van der Waals surface area contributed by atoms with Crippen LogP contribution in [-0.4, -0.2) is 30.0 Å². The number of likely N-dealkylation sites (tertiary alicyclic amines) is 1. The number of piperidine rings is 1. The minimum Gasteiger partial charge on any atom is -0.489 e. The Hall–Kier alpha value is -1.75. The zero-order chi connectivity index (χ0) is 14.7. The molecule has 1 saturated heterocycles. The van der Waals surface area contributed by atoms with Crippen LogP contribution in [-0.2, 0) is 0 Å². The SMILES string of the molecule is O=C(c1ccc(Br)o1)N1CCCC(Oc2ccccc2)C1. The molecule has 3 rings (SSSR count). The Bertz CT molecular complexity index is 611. The molecule has 1 amide bonds. The average Bonchev–Trinajstić information content (AvgIpc) is 2.94. The number of ether oxygens (including phenoxy) is 1. The molecule has 1 fully saturated rings. The molecule has 1 atom stereocenters. The third kappa shape index (κ3) is 3.47. The summed E-state index contributed by atoms with van der Waals surface area (Å²) in [5.41, 5.74) is 0. The molecular formula is C16H16BrNO3. The predicted octanol–water partition coefficient (Wildman–Crippen LogP) is 3.73. The Morgan fingerprint density at radius 1 is 1.24 bits per heavy atom. The van der Waals surface area contributed by atoms with E-state index < -0.39 is 0 Å². The minimum atomic E-state index is -0.0814. The smallest absolute Gasteiger partial charge is 0.289 e. The number of benzene rings is 1. The molecule has 0 saturated carbocycles. The molecular weight excluding hydrogens is 334 g/mol. The summed E-state index contributed by atoms with van der Waals surface area (Å²) in [7, 11) is 0. The lowest BCUT2D eigenvalue weighted by atomic mass is 10.1. The van der Waals surface area contributed by atoms with Gasteiger partial charge in [0.25, 0.3) is 5.91 Å². The van der Waals surface area contributed by atoms with Gasteiger partial charge in [0.2, 0.25) is 0 Å². The number of para-hydroxylation sites is 1. The lowest BCUT2D eigenvalue weighted by molar-refractivity contribution is 0.0509. The summed E-state index contributed by atoms with van der Waals surface area (Å²) in [4.78, 5) is 14.2. The highest BCUT2D eigenvalue weighted by atomic mass is 79.9. The quantitative estimate of drug-likeness (QED) is 0.847. The van der Waals surface area contributed by atoms with Crippen LogP contribution >= 0.6 is 15.9 Å². The van der Waals surface area contributed by atoms with Gasteiger partial charge in [-0.15, -0.1) is 0 Å². The molecule has 1 aromatic heterocycles. The minimum absolute atomic E-state index is 0.0310. The van der Waals surface area contributed by atoms with Crippen LogP contribution in [0.1, 0.15) is 23.4 Å². The fourth-order valence-electron chi connectivity index (χ4n) is 2.50. The second kappa shape index (κ2) is 6.35. The number of hydrogen-bond acceptors (Lipinski definition) is 3. The molecule has 5 heteroatoms. The van der Waals surface area contributed by atoms with Crippen molar-refractivity contribution in [3.8, 4) is 5.75 Å². The summed E-state index contributed by atoms with van der Waals surface area (Å²) in [6.45, 7) is 1.33. The lowest BCUT2D eigenvalue weighted by Gasteiger charge is -2.32. The number of nitrogens with zero attached hydrogens (tertiary/aromatic N) is 1. The van der Waals surface area contributed by atoms with Gasteiger partial charge >= 0.3 is 0 Å². The molecule has 1 aliphatic rings. The van der Waals surface area contributed by atoms with E-state index in [1.165, 1.54) is 0 Å². The van der Waals surface area contributed by atoms with E-state index in [2.05, 4.69) is 15.9 Å². The molecule has 0 bridgehead atoms. The molecule has 110 valence electrons. The predicted molar refractivity (Wildman–Crippen MR) is 82.4 cm³/mol. The van der Waals surface area contributed by atoms with Gasteiger partial charge in [-0.1, -0.05) is 18.2 Å². The van der Waals surface area contributed by atoms with Crippen molar-refractivity contribution >= 4 is 21.8 Å². The van der Waals surface area contributed by atoms with Crippen LogP contribution in [0.3, 0.4) is 0 Å². The summed E-state index contributed by atoms with van der Waals surface area (Å²) < 4.78 is 11.8. The van der Waals surface area contributed by atoms with Gasteiger partial charge in [-0.3, -0.25) is 4.79 Å². The van der Waals surface area contributed by atoms with Gasteiger partial charge in [0.05, 0.1) is 6.54 Å². The van der Waals surface area contributed by atoms with Crippen molar-refractivity contribution in [2.24, 2.45) is 0 Å². The van der Waals surface area contributed by atoms with E-state index in [-0.39, 0.29) is 12.0 Å². The van der Waals surface area contributed by atoms with Crippen molar-refractivity contribution in [3.63, 3.8) is 0 Å². The van der Waals surface area contributed by atoms with Crippen LogP contribution in [0.15, 0.2) is 51.6 Å². The number of rotatable bonds is 3. The van der Waals surface area contributed by atoms with Crippen LogP contribution in [0.5, 0.6) is 5.75 Å². The first-order valence-electron chi connectivity index (χ1n) is 6.99. The summed E-state index contributed by atoms with van der Waals surface area (Å²) >= 11 is 3.22. The van der Waals surface area contributed by atoms with Gasteiger partial charge in [-0.2, -0.15) is 0 Å². The monoisotopic (exact) mass is 349 g/mol. The third-order valence-corrected chi connectivity index (χ3v) is 3.92. The van der Waals surface area contributed by atoms with Crippen molar-refractivity contribution in [1.82, 2.24) is 4.90 Å². The van der Waals surface area contributed by atoms with Crippen LogP contribution < -0.4 is 4.74 Å². The van der Waals surface area contributed by atoms with Crippen LogP contribution in [0, 0.1) is 0 Å². The molecule has 0 N–H and O–H groups in total. The van der Waals surface area contributed by atoms with Gasteiger partial charge in [0.1, 0.15) is 11.9 Å². The van der Waals surface area contributed by atoms with Crippen LogP contribution in [0.25, 0.3) is 0 Å². The highest BCUT2D eigenvalue weighted by Crippen LogP contribution is 2.21. The van der Waals surface area contributed by atoms with E-state index in [1.807, 2.05) is 30.3 Å². The summed E-state index contributed by atoms with van der Waals surface area (Å²) in [5.74, 6) is 1.13. The fraction of sp³-hybridized carbons (Fsp3) is 0.312. The Morgan fingerprint density at radius 2 is 2.05 bits per heavy atom. The first-order chi connectivity index (χ1) is 10.2. The van der Waals surface area contributed by atoms with E-state index in [0.717, 1.165) is 25.1 Å². The zero-order valence-corrected chi connectivity index (χ0v) is 13.1. The maximum Gasteiger partial charge on any atom is 0.289 e. The number of halogens is 1. The summed E-state index contributed by atoms with van der Waals surface area (Å²) in [5, 5.41) is 0. The molecule has 0 radical (unpaired) electrons. The van der Waals surface area contributed by atoms with Gasteiger partial charge in [0.15, 0.2) is 10.4 Å². The van der Waals surface area contributed by atoms with Gasteiger partial charge in [0, 0.05) is 6.54 Å². The van der Waals surface area contributed by atoms with Crippen LogP contribution in [0.4, 0.5) is 0 Å².